The van der Waals surface area contributed by atoms with Crippen molar-refractivity contribution in [3.8, 4) is 0 Å². The highest BCUT2D eigenvalue weighted by atomic mass is 14.3. The van der Waals surface area contributed by atoms with Crippen LogP contribution in [0.5, 0.6) is 0 Å². The van der Waals surface area contributed by atoms with Crippen molar-refractivity contribution < 1.29 is 0 Å². The average Bonchev–Trinajstić information content (AvgIpc) is 2.56. The zero-order chi connectivity index (χ0) is 14.5. The second-order valence-electron chi connectivity index (χ2n) is 6.96. The standard InChI is InChI=1S/C22H20/c1-2-6-16-10-20-14-22-12-18-8-4-3-7-17(18)11-21(22)13-19(20)9-15(16)5-1/h1-2,5-6,9-11,13-14,18H,3-4,7-8,12H2. The van der Waals surface area contributed by atoms with E-state index >= 15 is 0 Å². The third-order valence-corrected chi connectivity index (χ3v) is 5.56. The van der Waals surface area contributed by atoms with E-state index in [1.807, 2.05) is 0 Å². The molecular weight excluding hydrogens is 264 g/mol. The first-order valence-electron chi connectivity index (χ1n) is 8.53. The predicted octanol–water partition coefficient (Wildman–Crippen LogP) is 6.12. The van der Waals surface area contributed by atoms with Crippen LogP contribution in [-0.2, 0) is 6.42 Å². The molecule has 5 rings (SSSR count). The summed E-state index contributed by atoms with van der Waals surface area (Å²) < 4.78 is 0. The summed E-state index contributed by atoms with van der Waals surface area (Å²) in [5, 5.41) is 5.46. The molecule has 0 aliphatic heterocycles. The highest BCUT2D eigenvalue weighted by molar-refractivity contribution is 5.99. The Balaban J connectivity index is 1.73. The molecule has 2 aliphatic carbocycles. The van der Waals surface area contributed by atoms with Gasteiger partial charge >= 0.3 is 0 Å². The first-order chi connectivity index (χ1) is 10.9. The molecule has 108 valence electrons. The maximum Gasteiger partial charge on any atom is -0.0159 e. The normalized spacial score (nSPS) is 20.5. The molecule has 0 heteroatoms. The fraction of sp³-hybridized carbons (Fsp3) is 0.273. The Morgan fingerprint density at radius 1 is 0.773 bits per heavy atom. The van der Waals surface area contributed by atoms with Crippen molar-refractivity contribution in [2.24, 2.45) is 5.92 Å². The summed E-state index contributed by atoms with van der Waals surface area (Å²) in [5.41, 5.74) is 4.73. The van der Waals surface area contributed by atoms with Gasteiger partial charge in [-0.3, -0.25) is 0 Å². The molecule has 1 saturated carbocycles. The van der Waals surface area contributed by atoms with Crippen molar-refractivity contribution in [2.45, 2.75) is 32.1 Å². The van der Waals surface area contributed by atoms with Crippen LogP contribution in [-0.4, -0.2) is 0 Å². The SMILES string of the molecule is C1=C2CCCCC2Cc2cc3cc4ccccc4cc3cc21. The molecule has 0 nitrogen and oxygen atoms in total. The molecule has 0 radical (unpaired) electrons. The van der Waals surface area contributed by atoms with Crippen LogP contribution in [0.4, 0.5) is 0 Å². The van der Waals surface area contributed by atoms with E-state index in [2.05, 4.69) is 54.6 Å². The van der Waals surface area contributed by atoms with E-state index in [-0.39, 0.29) is 0 Å². The minimum absolute atomic E-state index is 0.819. The smallest absolute Gasteiger partial charge is 0.0159 e. The lowest BCUT2D eigenvalue weighted by Gasteiger charge is -2.30. The lowest BCUT2D eigenvalue weighted by Crippen LogP contribution is -2.16. The van der Waals surface area contributed by atoms with Crippen molar-refractivity contribution in [1.82, 2.24) is 0 Å². The summed E-state index contributed by atoms with van der Waals surface area (Å²) in [6.07, 6.45) is 9.26. The predicted molar refractivity (Wildman–Crippen MR) is 95.1 cm³/mol. The Labute approximate surface area is 131 Å². The molecule has 1 fully saturated rings. The number of fused-ring (bicyclic) bond motifs is 4. The summed E-state index contributed by atoms with van der Waals surface area (Å²) in [6.45, 7) is 0. The molecular formula is C22H20. The number of rotatable bonds is 0. The van der Waals surface area contributed by atoms with Crippen molar-refractivity contribution in [1.29, 1.82) is 0 Å². The second kappa shape index (κ2) is 4.71. The molecule has 0 amide bonds. The molecule has 2 aliphatic rings. The molecule has 0 heterocycles. The minimum Gasteiger partial charge on any atom is -0.0662 e. The van der Waals surface area contributed by atoms with Gasteiger partial charge in [-0.15, -0.1) is 0 Å². The van der Waals surface area contributed by atoms with Crippen molar-refractivity contribution in [3.63, 3.8) is 0 Å². The Kier molecular flexibility index (Phi) is 2.67. The van der Waals surface area contributed by atoms with Gasteiger partial charge in [0, 0.05) is 0 Å². The van der Waals surface area contributed by atoms with Gasteiger partial charge in [-0.2, -0.15) is 0 Å². The molecule has 1 unspecified atom stereocenters. The van der Waals surface area contributed by atoms with Crippen LogP contribution in [0, 0.1) is 5.92 Å². The zero-order valence-corrected chi connectivity index (χ0v) is 12.8. The van der Waals surface area contributed by atoms with Crippen LogP contribution in [0.1, 0.15) is 36.8 Å². The first kappa shape index (κ1) is 12.5. The Morgan fingerprint density at radius 3 is 2.36 bits per heavy atom. The average molecular weight is 284 g/mol. The number of hydrogen-bond donors (Lipinski definition) is 0. The fourth-order valence-electron chi connectivity index (χ4n) is 4.37. The largest absolute Gasteiger partial charge is 0.0662 e. The summed E-state index contributed by atoms with van der Waals surface area (Å²) in [5.74, 6) is 0.819. The first-order valence-corrected chi connectivity index (χ1v) is 8.53. The molecule has 0 saturated heterocycles. The van der Waals surface area contributed by atoms with Gasteiger partial charge in [0.15, 0.2) is 0 Å². The Bertz CT molecular complexity index is 914. The molecule has 0 bridgehead atoms. The van der Waals surface area contributed by atoms with Gasteiger partial charge in [-0.25, -0.2) is 0 Å². The van der Waals surface area contributed by atoms with Gasteiger partial charge in [0.05, 0.1) is 0 Å². The molecule has 3 aromatic carbocycles. The lowest BCUT2D eigenvalue weighted by atomic mass is 9.75. The third-order valence-electron chi connectivity index (χ3n) is 5.56. The number of benzene rings is 3. The van der Waals surface area contributed by atoms with Crippen LogP contribution in [0.15, 0.2) is 54.1 Å². The van der Waals surface area contributed by atoms with Gasteiger partial charge < -0.3 is 0 Å². The quantitative estimate of drug-likeness (QED) is 0.436. The molecule has 0 spiro atoms. The highest BCUT2D eigenvalue weighted by Gasteiger charge is 2.24. The van der Waals surface area contributed by atoms with Gasteiger partial charge in [0.25, 0.3) is 0 Å². The monoisotopic (exact) mass is 284 g/mol. The number of hydrogen-bond acceptors (Lipinski definition) is 0. The van der Waals surface area contributed by atoms with Crippen molar-refractivity contribution in [3.05, 3.63) is 65.2 Å². The highest BCUT2D eigenvalue weighted by Crippen LogP contribution is 2.39. The summed E-state index contributed by atoms with van der Waals surface area (Å²) in [4.78, 5) is 0. The zero-order valence-electron chi connectivity index (χ0n) is 12.8. The van der Waals surface area contributed by atoms with Crippen molar-refractivity contribution >= 4 is 27.6 Å². The Hall–Kier alpha value is -2.08. The maximum atomic E-state index is 2.50. The fourth-order valence-corrected chi connectivity index (χ4v) is 4.37. The molecule has 1 atom stereocenters. The van der Waals surface area contributed by atoms with E-state index in [0.29, 0.717) is 0 Å². The van der Waals surface area contributed by atoms with Gasteiger partial charge in [0.1, 0.15) is 0 Å². The molecule has 3 aromatic rings. The van der Waals surface area contributed by atoms with E-state index in [1.165, 1.54) is 59.2 Å². The van der Waals surface area contributed by atoms with Crippen LogP contribution >= 0.6 is 0 Å². The second-order valence-corrected chi connectivity index (χ2v) is 6.96. The molecule has 0 N–H and O–H groups in total. The molecule has 0 aromatic heterocycles. The third kappa shape index (κ3) is 1.90. The van der Waals surface area contributed by atoms with Crippen LogP contribution in [0.2, 0.25) is 0 Å². The van der Waals surface area contributed by atoms with Gasteiger partial charge in [0.2, 0.25) is 0 Å². The van der Waals surface area contributed by atoms with Gasteiger partial charge in [-0.05, 0) is 82.5 Å². The van der Waals surface area contributed by atoms with E-state index < -0.39 is 0 Å². The minimum atomic E-state index is 0.819. The summed E-state index contributed by atoms with van der Waals surface area (Å²) in [6, 6.07) is 18.2. The van der Waals surface area contributed by atoms with Gasteiger partial charge in [-0.1, -0.05) is 48.4 Å². The topological polar surface area (TPSA) is 0 Å². The van der Waals surface area contributed by atoms with Crippen LogP contribution in [0.3, 0.4) is 0 Å². The van der Waals surface area contributed by atoms with Crippen LogP contribution < -0.4 is 0 Å². The van der Waals surface area contributed by atoms with E-state index in [0.717, 1.165) is 5.92 Å². The summed E-state index contributed by atoms with van der Waals surface area (Å²) >= 11 is 0. The van der Waals surface area contributed by atoms with Crippen molar-refractivity contribution in [2.75, 3.05) is 0 Å². The number of allylic oxidation sites excluding steroid dienone is 1. The van der Waals surface area contributed by atoms with E-state index in [1.54, 1.807) is 11.1 Å². The van der Waals surface area contributed by atoms with Crippen LogP contribution in [0.25, 0.3) is 27.6 Å². The Morgan fingerprint density at radius 2 is 1.55 bits per heavy atom. The summed E-state index contributed by atoms with van der Waals surface area (Å²) in [7, 11) is 0. The maximum absolute atomic E-state index is 2.50. The van der Waals surface area contributed by atoms with E-state index in [9.17, 15) is 0 Å². The molecule has 22 heavy (non-hydrogen) atoms. The lowest BCUT2D eigenvalue weighted by molar-refractivity contribution is 0.450. The van der Waals surface area contributed by atoms with E-state index in [4.69, 9.17) is 0 Å².